The molecular weight excluding hydrogens is 318 g/mol. The Hall–Kier alpha value is -2.76. The molecule has 0 bridgehead atoms. The average molecular weight is 341 g/mol. The lowest BCUT2D eigenvalue weighted by atomic mass is 10.1. The lowest BCUT2D eigenvalue weighted by molar-refractivity contribution is 0.0763. The number of methoxy groups -OCH3 is 1. The predicted octanol–water partition coefficient (Wildman–Crippen LogP) is 3.19. The molecule has 0 aliphatic rings. The first-order valence-corrected chi connectivity index (χ1v) is 8.29. The Balaban J connectivity index is 1.69. The third-order valence-corrected chi connectivity index (χ3v) is 4.40. The number of aromatic nitrogens is 2. The fourth-order valence-corrected chi connectivity index (χ4v) is 2.93. The number of hydrogen-bond donors (Lipinski definition) is 0. The van der Waals surface area contributed by atoms with Crippen LogP contribution >= 0.6 is 0 Å². The highest BCUT2D eigenvalue weighted by molar-refractivity contribution is 5.99. The van der Waals surface area contributed by atoms with Gasteiger partial charge in [-0.1, -0.05) is 0 Å². The lowest BCUT2D eigenvalue weighted by Gasteiger charge is -2.15. The minimum Gasteiger partial charge on any atom is -0.497 e. The van der Waals surface area contributed by atoms with Crippen molar-refractivity contribution < 1.29 is 13.9 Å². The molecule has 0 radical (unpaired) electrons. The van der Waals surface area contributed by atoms with E-state index in [1.54, 1.807) is 23.7 Å². The van der Waals surface area contributed by atoms with Crippen LogP contribution in [0, 0.1) is 6.92 Å². The molecule has 2 aromatic heterocycles. The number of fused-ring (bicyclic) bond motifs is 1. The van der Waals surface area contributed by atoms with Crippen molar-refractivity contribution in [3.8, 4) is 5.75 Å². The smallest absolute Gasteiger partial charge is 0.289 e. The Labute approximate surface area is 147 Å². The molecular formula is C19H23N3O3. The number of amides is 1. The average Bonchev–Trinajstić information content (AvgIpc) is 3.17. The van der Waals surface area contributed by atoms with E-state index in [0.717, 1.165) is 23.8 Å². The van der Waals surface area contributed by atoms with Gasteiger partial charge in [0.15, 0.2) is 5.76 Å². The van der Waals surface area contributed by atoms with Crippen molar-refractivity contribution >= 4 is 16.9 Å². The first-order valence-electron chi connectivity index (χ1n) is 8.29. The zero-order valence-corrected chi connectivity index (χ0v) is 15.1. The summed E-state index contributed by atoms with van der Waals surface area (Å²) in [6.07, 6.45) is 5.63. The first-order chi connectivity index (χ1) is 12.0. The van der Waals surface area contributed by atoms with Crippen LogP contribution in [0.4, 0.5) is 0 Å². The van der Waals surface area contributed by atoms with Gasteiger partial charge in [-0.2, -0.15) is 5.10 Å². The summed E-state index contributed by atoms with van der Waals surface area (Å²) in [5, 5.41) is 5.10. The lowest BCUT2D eigenvalue weighted by Crippen LogP contribution is -2.28. The number of ether oxygens (including phenoxy) is 1. The monoisotopic (exact) mass is 341 g/mol. The van der Waals surface area contributed by atoms with E-state index < -0.39 is 0 Å². The van der Waals surface area contributed by atoms with Gasteiger partial charge in [-0.3, -0.25) is 9.48 Å². The Morgan fingerprint density at radius 2 is 2.20 bits per heavy atom. The van der Waals surface area contributed by atoms with E-state index in [1.165, 1.54) is 5.56 Å². The molecule has 3 aromatic rings. The van der Waals surface area contributed by atoms with E-state index in [0.29, 0.717) is 23.6 Å². The summed E-state index contributed by atoms with van der Waals surface area (Å²) in [7, 11) is 5.32. The maximum absolute atomic E-state index is 12.7. The molecule has 6 nitrogen and oxygen atoms in total. The molecule has 6 heteroatoms. The second kappa shape index (κ2) is 7.01. The minimum atomic E-state index is -0.0983. The van der Waals surface area contributed by atoms with E-state index >= 15 is 0 Å². The summed E-state index contributed by atoms with van der Waals surface area (Å²) >= 11 is 0. The van der Waals surface area contributed by atoms with Crippen LogP contribution in [0.15, 0.2) is 35.0 Å². The molecule has 2 heterocycles. The van der Waals surface area contributed by atoms with Gasteiger partial charge in [0, 0.05) is 43.9 Å². The van der Waals surface area contributed by atoms with Gasteiger partial charge in [0.1, 0.15) is 11.3 Å². The van der Waals surface area contributed by atoms with Crippen molar-refractivity contribution in [1.82, 2.24) is 14.7 Å². The van der Waals surface area contributed by atoms with Gasteiger partial charge < -0.3 is 14.1 Å². The van der Waals surface area contributed by atoms with Crippen molar-refractivity contribution in [2.24, 2.45) is 7.05 Å². The molecule has 0 atom stereocenters. The van der Waals surface area contributed by atoms with E-state index in [2.05, 4.69) is 5.10 Å². The van der Waals surface area contributed by atoms with Gasteiger partial charge in [-0.15, -0.1) is 0 Å². The Morgan fingerprint density at radius 1 is 1.40 bits per heavy atom. The molecule has 0 N–H and O–H groups in total. The van der Waals surface area contributed by atoms with Crippen molar-refractivity contribution in [2.75, 3.05) is 20.7 Å². The number of aryl methyl sites for hydroxylation is 3. The third kappa shape index (κ3) is 3.52. The highest BCUT2D eigenvalue weighted by atomic mass is 16.5. The maximum Gasteiger partial charge on any atom is 0.289 e. The van der Waals surface area contributed by atoms with Crippen molar-refractivity contribution in [1.29, 1.82) is 0 Å². The summed E-state index contributed by atoms with van der Waals surface area (Å²) in [5.41, 5.74) is 2.71. The molecule has 1 aromatic carbocycles. The molecule has 25 heavy (non-hydrogen) atoms. The Morgan fingerprint density at radius 3 is 2.88 bits per heavy atom. The molecule has 1 amide bonds. The normalized spacial score (nSPS) is 11.0. The van der Waals surface area contributed by atoms with Crippen molar-refractivity contribution in [3.63, 3.8) is 0 Å². The summed E-state index contributed by atoms with van der Waals surface area (Å²) < 4.78 is 12.8. The van der Waals surface area contributed by atoms with Crippen LogP contribution in [0.2, 0.25) is 0 Å². The Kier molecular flexibility index (Phi) is 4.79. The fourth-order valence-electron chi connectivity index (χ4n) is 2.93. The van der Waals surface area contributed by atoms with Gasteiger partial charge in [-0.25, -0.2) is 0 Å². The largest absolute Gasteiger partial charge is 0.497 e. The summed E-state index contributed by atoms with van der Waals surface area (Å²) in [6, 6.07) is 5.60. The molecule has 132 valence electrons. The fraction of sp³-hybridized carbons (Fsp3) is 0.368. The number of furan rings is 1. The number of carbonyl (C=O) groups excluding carboxylic acids is 1. The van der Waals surface area contributed by atoms with Crippen LogP contribution in [0.3, 0.4) is 0 Å². The van der Waals surface area contributed by atoms with E-state index in [1.807, 2.05) is 44.6 Å². The number of benzene rings is 1. The summed E-state index contributed by atoms with van der Waals surface area (Å²) in [6.45, 7) is 2.57. The first kappa shape index (κ1) is 17.1. The zero-order chi connectivity index (χ0) is 18.0. The van der Waals surface area contributed by atoms with Crippen LogP contribution in [-0.4, -0.2) is 41.3 Å². The minimum absolute atomic E-state index is 0.0983. The van der Waals surface area contributed by atoms with Crippen molar-refractivity contribution in [3.05, 3.63) is 47.5 Å². The summed E-state index contributed by atoms with van der Waals surface area (Å²) in [4.78, 5) is 14.4. The number of nitrogens with zero attached hydrogens (tertiary/aromatic N) is 3. The van der Waals surface area contributed by atoms with Gasteiger partial charge in [0.2, 0.25) is 0 Å². The van der Waals surface area contributed by atoms with E-state index in [9.17, 15) is 4.79 Å². The van der Waals surface area contributed by atoms with Gasteiger partial charge in [0.05, 0.1) is 13.3 Å². The molecule has 3 rings (SSSR count). The van der Waals surface area contributed by atoms with Gasteiger partial charge in [-0.05, 0) is 37.5 Å². The predicted molar refractivity (Wildman–Crippen MR) is 96.0 cm³/mol. The third-order valence-electron chi connectivity index (χ3n) is 4.40. The SMILES string of the molecule is COc1ccc2c(C)c(C(=O)N(C)CCCc3cnn(C)c3)oc2c1. The van der Waals surface area contributed by atoms with E-state index in [4.69, 9.17) is 9.15 Å². The molecule has 0 saturated heterocycles. The molecule has 0 fully saturated rings. The topological polar surface area (TPSA) is 60.5 Å². The number of hydrogen-bond acceptors (Lipinski definition) is 4. The van der Waals surface area contributed by atoms with Crippen molar-refractivity contribution in [2.45, 2.75) is 19.8 Å². The zero-order valence-electron chi connectivity index (χ0n) is 15.1. The summed E-state index contributed by atoms with van der Waals surface area (Å²) in [5.74, 6) is 1.01. The van der Waals surface area contributed by atoms with E-state index in [-0.39, 0.29) is 5.91 Å². The molecule has 0 spiro atoms. The highest BCUT2D eigenvalue weighted by Gasteiger charge is 2.21. The molecule has 0 saturated carbocycles. The number of carbonyl (C=O) groups is 1. The van der Waals surface area contributed by atoms with Crippen LogP contribution in [0.1, 0.15) is 28.1 Å². The molecule has 0 aliphatic heterocycles. The highest BCUT2D eigenvalue weighted by Crippen LogP contribution is 2.29. The van der Waals surface area contributed by atoms with Gasteiger partial charge >= 0.3 is 0 Å². The second-order valence-corrected chi connectivity index (χ2v) is 6.27. The standard InChI is InChI=1S/C19H23N3O3/c1-13-16-8-7-15(24-4)10-17(16)25-18(13)19(23)21(2)9-5-6-14-11-20-22(3)12-14/h7-8,10-12H,5-6,9H2,1-4H3. The Bertz CT molecular complexity index is 895. The molecule has 0 unspecified atom stereocenters. The molecule has 0 aliphatic carbocycles. The van der Waals surface area contributed by atoms with Crippen LogP contribution in [-0.2, 0) is 13.5 Å². The van der Waals surface area contributed by atoms with Crippen LogP contribution in [0.25, 0.3) is 11.0 Å². The van der Waals surface area contributed by atoms with Crippen LogP contribution in [0.5, 0.6) is 5.75 Å². The second-order valence-electron chi connectivity index (χ2n) is 6.27. The number of rotatable bonds is 6. The van der Waals surface area contributed by atoms with Crippen LogP contribution < -0.4 is 4.74 Å². The van der Waals surface area contributed by atoms with Gasteiger partial charge in [0.25, 0.3) is 5.91 Å². The quantitative estimate of drug-likeness (QED) is 0.691. The maximum atomic E-state index is 12.7.